The Hall–Kier alpha value is -2.17. The van der Waals surface area contributed by atoms with Crippen molar-refractivity contribution in [1.82, 2.24) is 14.9 Å². The lowest BCUT2D eigenvalue weighted by Crippen LogP contribution is -2.36. The largest absolute Gasteiger partial charge is 0.340 e. The Morgan fingerprint density at radius 3 is 2.58 bits per heavy atom. The fourth-order valence-corrected chi connectivity index (χ4v) is 2.24. The molecule has 0 radical (unpaired) electrons. The van der Waals surface area contributed by atoms with Gasteiger partial charge in [0.05, 0.1) is 5.54 Å². The third-order valence-electron chi connectivity index (χ3n) is 3.52. The van der Waals surface area contributed by atoms with Gasteiger partial charge >= 0.3 is 0 Å². The minimum atomic E-state index is -0.350. The fraction of sp³-hybridized carbons (Fsp3) is 0.286. The highest BCUT2D eigenvalue weighted by atomic mass is 19.1. The van der Waals surface area contributed by atoms with Gasteiger partial charge in [-0.3, -0.25) is 4.79 Å². The number of rotatable bonds is 3. The summed E-state index contributed by atoms with van der Waals surface area (Å²) >= 11 is 0. The molecule has 0 atom stereocenters. The first kappa shape index (κ1) is 11.9. The number of imidazole rings is 1. The number of hydrogen-bond donors (Lipinski definition) is 1. The van der Waals surface area contributed by atoms with Crippen LogP contribution in [0.25, 0.3) is 0 Å². The van der Waals surface area contributed by atoms with E-state index >= 15 is 0 Å². The molecule has 0 saturated heterocycles. The zero-order chi connectivity index (χ0) is 13.5. The van der Waals surface area contributed by atoms with Crippen molar-refractivity contribution >= 4 is 5.91 Å². The van der Waals surface area contributed by atoms with Gasteiger partial charge in [0, 0.05) is 19.4 Å². The van der Waals surface area contributed by atoms with E-state index < -0.39 is 0 Å². The molecule has 1 saturated carbocycles. The van der Waals surface area contributed by atoms with Crippen molar-refractivity contribution in [1.29, 1.82) is 0 Å². The smallest absolute Gasteiger partial charge is 0.287 e. The molecule has 1 aromatic carbocycles. The fourth-order valence-electron chi connectivity index (χ4n) is 2.24. The summed E-state index contributed by atoms with van der Waals surface area (Å²) in [5.41, 5.74) is 0.591. The van der Waals surface area contributed by atoms with Gasteiger partial charge in [-0.05, 0) is 30.5 Å². The van der Waals surface area contributed by atoms with E-state index in [0.717, 1.165) is 18.4 Å². The van der Waals surface area contributed by atoms with Crippen molar-refractivity contribution in [3.05, 3.63) is 53.9 Å². The van der Waals surface area contributed by atoms with Crippen molar-refractivity contribution in [2.24, 2.45) is 7.05 Å². The first-order chi connectivity index (χ1) is 9.11. The van der Waals surface area contributed by atoms with Gasteiger partial charge in [0.25, 0.3) is 5.91 Å². The molecule has 0 bridgehead atoms. The van der Waals surface area contributed by atoms with E-state index in [-0.39, 0.29) is 17.3 Å². The molecular weight excluding hydrogens is 245 g/mol. The third kappa shape index (κ3) is 2.12. The number of aromatic nitrogens is 2. The van der Waals surface area contributed by atoms with Crippen LogP contribution in [0.15, 0.2) is 36.7 Å². The molecule has 0 spiro atoms. The van der Waals surface area contributed by atoms with E-state index in [9.17, 15) is 9.18 Å². The van der Waals surface area contributed by atoms with Crippen LogP contribution in [-0.2, 0) is 12.6 Å². The van der Waals surface area contributed by atoms with Gasteiger partial charge in [-0.25, -0.2) is 9.37 Å². The van der Waals surface area contributed by atoms with E-state index in [0.29, 0.717) is 5.82 Å². The lowest BCUT2D eigenvalue weighted by atomic mass is 10.0. The molecule has 1 aliphatic carbocycles. The highest BCUT2D eigenvalue weighted by Gasteiger charge is 2.46. The molecule has 19 heavy (non-hydrogen) atoms. The lowest BCUT2D eigenvalue weighted by Gasteiger charge is -2.17. The number of carbonyl (C=O) groups excluding carboxylic acids is 1. The number of hydrogen-bond acceptors (Lipinski definition) is 2. The average molecular weight is 259 g/mol. The molecule has 5 heteroatoms. The van der Waals surface area contributed by atoms with Gasteiger partial charge < -0.3 is 9.88 Å². The summed E-state index contributed by atoms with van der Waals surface area (Å²) in [4.78, 5) is 16.2. The number of benzene rings is 1. The standard InChI is InChI=1S/C14H14FN3O/c1-18-9-8-16-12(18)13(19)17-14(6-7-14)10-2-4-11(15)5-3-10/h2-5,8-9H,6-7H2,1H3,(H,17,19). The van der Waals surface area contributed by atoms with Crippen LogP contribution in [0, 0.1) is 5.82 Å². The van der Waals surface area contributed by atoms with Gasteiger partial charge in [0.2, 0.25) is 0 Å². The molecule has 1 N–H and O–H groups in total. The van der Waals surface area contributed by atoms with E-state index in [4.69, 9.17) is 0 Å². The number of nitrogens with zero attached hydrogens (tertiary/aromatic N) is 2. The Kier molecular flexibility index (Phi) is 2.62. The Morgan fingerprint density at radius 1 is 1.37 bits per heavy atom. The van der Waals surface area contributed by atoms with Gasteiger partial charge in [-0.15, -0.1) is 0 Å². The molecule has 98 valence electrons. The van der Waals surface area contributed by atoms with Crippen LogP contribution in [0.3, 0.4) is 0 Å². The molecule has 1 aromatic heterocycles. The van der Waals surface area contributed by atoms with Crippen molar-refractivity contribution in [2.75, 3.05) is 0 Å². The average Bonchev–Trinajstić information content (AvgIpc) is 3.03. The van der Waals surface area contributed by atoms with Crippen molar-refractivity contribution in [2.45, 2.75) is 18.4 Å². The Labute approximate surface area is 110 Å². The predicted molar refractivity (Wildman–Crippen MR) is 68.0 cm³/mol. The van der Waals surface area contributed by atoms with Crippen LogP contribution in [-0.4, -0.2) is 15.5 Å². The number of carbonyl (C=O) groups is 1. The summed E-state index contributed by atoms with van der Waals surface area (Å²) in [5, 5.41) is 3.00. The number of amides is 1. The van der Waals surface area contributed by atoms with E-state index in [1.54, 1.807) is 36.1 Å². The summed E-state index contributed by atoms with van der Waals surface area (Å²) in [5.74, 6) is -0.0855. The predicted octanol–water partition coefficient (Wildman–Crippen LogP) is 1.98. The van der Waals surface area contributed by atoms with Crippen molar-refractivity contribution in [3.63, 3.8) is 0 Å². The van der Waals surface area contributed by atoms with Crippen molar-refractivity contribution in [3.8, 4) is 0 Å². The zero-order valence-corrected chi connectivity index (χ0v) is 10.6. The summed E-state index contributed by atoms with van der Waals surface area (Å²) in [6.07, 6.45) is 5.06. The van der Waals surface area contributed by atoms with E-state index in [2.05, 4.69) is 10.3 Å². The van der Waals surface area contributed by atoms with Crippen LogP contribution in [0.1, 0.15) is 29.0 Å². The number of halogens is 1. The Balaban J connectivity index is 1.81. The monoisotopic (exact) mass is 259 g/mol. The normalized spacial score (nSPS) is 16.1. The summed E-state index contributed by atoms with van der Waals surface area (Å²) in [6.45, 7) is 0. The lowest BCUT2D eigenvalue weighted by molar-refractivity contribution is 0.0917. The van der Waals surface area contributed by atoms with Crippen LogP contribution >= 0.6 is 0 Å². The molecule has 4 nitrogen and oxygen atoms in total. The molecule has 1 aliphatic rings. The maximum atomic E-state index is 12.9. The molecule has 0 aliphatic heterocycles. The molecule has 3 rings (SSSR count). The quantitative estimate of drug-likeness (QED) is 0.916. The highest BCUT2D eigenvalue weighted by Crippen LogP contribution is 2.45. The zero-order valence-electron chi connectivity index (χ0n) is 10.6. The van der Waals surface area contributed by atoms with Gasteiger partial charge in [0.15, 0.2) is 5.82 Å². The minimum Gasteiger partial charge on any atom is -0.340 e. The SMILES string of the molecule is Cn1ccnc1C(=O)NC1(c2ccc(F)cc2)CC1. The second-order valence-electron chi connectivity index (χ2n) is 4.90. The van der Waals surface area contributed by atoms with Crippen LogP contribution < -0.4 is 5.32 Å². The van der Waals surface area contributed by atoms with Gasteiger partial charge in [-0.1, -0.05) is 12.1 Å². The van der Waals surface area contributed by atoms with Gasteiger partial charge in [0.1, 0.15) is 5.82 Å². The minimum absolute atomic E-state index is 0.200. The van der Waals surface area contributed by atoms with Crippen molar-refractivity contribution < 1.29 is 9.18 Å². The highest BCUT2D eigenvalue weighted by molar-refractivity contribution is 5.91. The molecule has 0 unspecified atom stereocenters. The Bertz CT molecular complexity index is 614. The summed E-state index contributed by atoms with van der Waals surface area (Å²) in [7, 11) is 1.78. The number of aryl methyl sites for hydroxylation is 1. The second kappa shape index (κ2) is 4.19. The first-order valence-corrected chi connectivity index (χ1v) is 6.17. The molecule has 2 aromatic rings. The summed E-state index contributed by atoms with van der Waals surface area (Å²) in [6, 6.07) is 6.28. The maximum absolute atomic E-state index is 12.9. The second-order valence-corrected chi connectivity index (χ2v) is 4.90. The van der Waals surface area contributed by atoms with E-state index in [1.165, 1.54) is 12.1 Å². The van der Waals surface area contributed by atoms with Crippen LogP contribution in [0.2, 0.25) is 0 Å². The van der Waals surface area contributed by atoms with Crippen LogP contribution in [0.4, 0.5) is 4.39 Å². The number of nitrogens with one attached hydrogen (secondary N) is 1. The van der Waals surface area contributed by atoms with E-state index in [1.807, 2.05) is 0 Å². The topological polar surface area (TPSA) is 46.9 Å². The Morgan fingerprint density at radius 2 is 2.05 bits per heavy atom. The third-order valence-corrected chi connectivity index (χ3v) is 3.52. The summed E-state index contributed by atoms with van der Waals surface area (Å²) < 4.78 is 14.6. The molecular formula is C14H14FN3O. The molecule has 1 heterocycles. The van der Waals surface area contributed by atoms with Crippen LogP contribution in [0.5, 0.6) is 0 Å². The first-order valence-electron chi connectivity index (χ1n) is 6.17. The molecule has 1 fully saturated rings. The molecule has 1 amide bonds. The van der Waals surface area contributed by atoms with Gasteiger partial charge in [-0.2, -0.15) is 0 Å². The maximum Gasteiger partial charge on any atom is 0.287 e.